The number of fused-ring (bicyclic) bond motifs is 1. The lowest BCUT2D eigenvalue weighted by Gasteiger charge is -2.19. The summed E-state index contributed by atoms with van der Waals surface area (Å²) in [7, 11) is 4.26. The number of rotatable bonds is 2. The highest BCUT2D eigenvalue weighted by Gasteiger charge is 2.29. The summed E-state index contributed by atoms with van der Waals surface area (Å²) in [6.07, 6.45) is 3.83. The Labute approximate surface area is 112 Å². The minimum atomic E-state index is 0.295. The zero-order valence-electron chi connectivity index (χ0n) is 11.0. The van der Waals surface area contributed by atoms with E-state index >= 15 is 0 Å². The molecule has 1 aromatic rings. The second kappa shape index (κ2) is 4.63. The Morgan fingerprint density at radius 3 is 2.89 bits per heavy atom. The summed E-state index contributed by atoms with van der Waals surface area (Å²) >= 11 is 1.60. The van der Waals surface area contributed by atoms with Crippen LogP contribution >= 0.6 is 11.3 Å². The number of thiazole rings is 1. The van der Waals surface area contributed by atoms with Crippen LogP contribution in [0.3, 0.4) is 0 Å². The number of anilines is 1. The Kier molecular flexibility index (Phi) is 3.11. The fourth-order valence-electron chi connectivity index (χ4n) is 2.73. The minimum absolute atomic E-state index is 0.295. The van der Waals surface area contributed by atoms with Crippen molar-refractivity contribution in [1.29, 1.82) is 0 Å². The number of carbonyl (C=O) groups excluding carboxylic acids is 1. The minimum Gasteiger partial charge on any atom is -0.346 e. The first kappa shape index (κ1) is 12.1. The van der Waals surface area contributed by atoms with Crippen molar-refractivity contribution >= 4 is 22.3 Å². The van der Waals surface area contributed by atoms with Crippen LogP contribution in [0, 0.1) is 0 Å². The molecule has 0 spiro atoms. The van der Waals surface area contributed by atoms with Crippen LogP contribution in [0.5, 0.6) is 0 Å². The normalized spacial score (nSPS) is 23.8. The SMILES string of the molecule is CN(C)C1CCN(c2nc3c(s2)C(=O)CCC3)C1. The van der Waals surface area contributed by atoms with Crippen LogP contribution in [0.4, 0.5) is 5.13 Å². The molecule has 1 unspecified atom stereocenters. The molecule has 0 saturated carbocycles. The van der Waals surface area contributed by atoms with Crippen molar-refractivity contribution in [3.8, 4) is 0 Å². The van der Waals surface area contributed by atoms with Gasteiger partial charge in [-0.2, -0.15) is 0 Å². The standard InChI is InChI=1S/C13H19N3OS/c1-15(2)9-6-7-16(8-9)13-14-10-4-3-5-11(17)12(10)18-13/h9H,3-8H2,1-2H3. The molecule has 5 heteroatoms. The summed E-state index contributed by atoms with van der Waals surface area (Å²) in [5, 5.41) is 1.06. The predicted octanol–water partition coefficient (Wildman–Crippen LogP) is 1.80. The van der Waals surface area contributed by atoms with Gasteiger partial charge in [-0.3, -0.25) is 4.79 Å². The molecule has 2 heterocycles. The molecule has 1 aliphatic carbocycles. The van der Waals surface area contributed by atoms with Crippen LogP contribution in [0.25, 0.3) is 0 Å². The fourth-order valence-corrected chi connectivity index (χ4v) is 3.84. The lowest BCUT2D eigenvalue weighted by Crippen LogP contribution is -2.31. The first-order valence-electron chi connectivity index (χ1n) is 6.59. The van der Waals surface area contributed by atoms with Crippen molar-refractivity contribution < 1.29 is 4.79 Å². The molecule has 1 aromatic heterocycles. The number of hydrogen-bond donors (Lipinski definition) is 0. The van der Waals surface area contributed by atoms with Gasteiger partial charge >= 0.3 is 0 Å². The maximum atomic E-state index is 11.8. The molecule has 0 bridgehead atoms. The van der Waals surface area contributed by atoms with Gasteiger partial charge in [0.2, 0.25) is 0 Å². The third-order valence-electron chi connectivity index (χ3n) is 3.92. The summed E-state index contributed by atoms with van der Waals surface area (Å²) in [5.74, 6) is 0.295. The van der Waals surface area contributed by atoms with Crippen LogP contribution in [-0.4, -0.2) is 48.9 Å². The first-order valence-corrected chi connectivity index (χ1v) is 7.41. The molecule has 1 atom stereocenters. The number of likely N-dealkylation sites (N-methyl/N-ethyl adjacent to an activating group) is 1. The van der Waals surface area contributed by atoms with Crippen LogP contribution in [-0.2, 0) is 6.42 Å². The summed E-state index contributed by atoms with van der Waals surface area (Å²) in [4.78, 5) is 22.0. The number of nitrogens with zero attached hydrogens (tertiary/aromatic N) is 3. The van der Waals surface area contributed by atoms with E-state index in [1.807, 2.05) is 0 Å². The van der Waals surface area contributed by atoms with Crippen LogP contribution in [0.2, 0.25) is 0 Å². The van der Waals surface area contributed by atoms with Gasteiger partial charge in [-0.1, -0.05) is 11.3 Å². The van der Waals surface area contributed by atoms with E-state index in [9.17, 15) is 4.79 Å². The molecule has 1 aliphatic heterocycles. The third kappa shape index (κ3) is 2.06. The lowest BCUT2D eigenvalue weighted by molar-refractivity contribution is 0.0976. The van der Waals surface area contributed by atoms with E-state index in [4.69, 9.17) is 0 Å². The number of aromatic nitrogens is 1. The van der Waals surface area contributed by atoms with Crippen LogP contribution < -0.4 is 4.90 Å². The molecule has 1 fully saturated rings. The van der Waals surface area contributed by atoms with Crippen molar-refractivity contribution in [3.63, 3.8) is 0 Å². The molecule has 3 rings (SSSR count). The second-order valence-electron chi connectivity index (χ2n) is 5.40. The van der Waals surface area contributed by atoms with E-state index < -0.39 is 0 Å². The van der Waals surface area contributed by atoms with Crippen molar-refractivity contribution in [3.05, 3.63) is 10.6 Å². The van der Waals surface area contributed by atoms with Gasteiger partial charge in [0, 0.05) is 25.6 Å². The molecule has 1 saturated heterocycles. The Hall–Kier alpha value is -0.940. The van der Waals surface area contributed by atoms with Gasteiger partial charge in [0.1, 0.15) is 0 Å². The van der Waals surface area contributed by atoms with E-state index in [2.05, 4.69) is 28.9 Å². The average molecular weight is 265 g/mol. The Morgan fingerprint density at radius 2 is 2.22 bits per heavy atom. The van der Waals surface area contributed by atoms with Crippen LogP contribution in [0.1, 0.15) is 34.6 Å². The van der Waals surface area contributed by atoms with E-state index in [0.717, 1.165) is 41.6 Å². The van der Waals surface area contributed by atoms with Gasteiger partial charge in [-0.25, -0.2) is 4.98 Å². The molecule has 18 heavy (non-hydrogen) atoms. The summed E-state index contributed by atoms with van der Waals surface area (Å²) in [6.45, 7) is 2.09. The predicted molar refractivity (Wildman–Crippen MR) is 73.7 cm³/mol. The van der Waals surface area contributed by atoms with Gasteiger partial charge < -0.3 is 9.80 Å². The number of hydrogen-bond acceptors (Lipinski definition) is 5. The Morgan fingerprint density at radius 1 is 1.39 bits per heavy atom. The zero-order valence-corrected chi connectivity index (χ0v) is 11.8. The van der Waals surface area contributed by atoms with E-state index in [1.165, 1.54) is 6.42 Å². The molecule has 2 aliphatic rings. The first-order chi connectivity index (χ1) is 8.65. The summed E-state index contributed by atoms with van der Waals surface area (Å²) in [6, 6.07) is 0.613. The van der Waals surface area contributed by atoms with E-state index in [1.54, 1.807) is 11.3 Å². The molecule has 0 aromatic carbocycles. The Balaban J connectivity index is 1.80. The molecule has 4 nitrogen and oxygen atoms in total. The van der Waals surface area contributed by atoms with Gasteiger partial charge in [-0.15, -0.1) is 0 Å². The fraction of sp³-hybridized carbons (Fsp3) is 0.692. The number of ketones is 1. The molecular weight excluding hydrogens is 246 g/mol. The van der Waals surface area contributed by atoms with Crippen molar-refractivity contribution in [2.45, 2.75) is 31.7 Å². The smallest absolute Gasteiger partial charge is 0.186 e. The molecule has 0 amide bonds. The molecule has 98 valence electrons. The average Bonchev–Trinajstić information content (AvgIpc) is 2.95. The monoisotopic (exact) mass is 265 g/mol. The van der Waals surface area contributed by atoms with Crippen molar-refractivity contribution in [1.82, 2.24) is 9.88 Å². The maximum Gasteiger partial charge on any atom is 0.186 e. The maximum absolute atomic E-state index is 11.8. The largest absolute Gasteiger partial charge is 0.346 e. The quantitative estimate of drug-likeness (QED) is 0.817. The van der Waals surface area contributed by atoms with E-state index in [0.29, 0.717) is 18.2 Å². The van der Waals surface area contributed by atoms with Gasteiger partial charge in [0.25, 0.3) is 0 Å². The third-order valence-corrected chi connectivity index (χ3v) is 5.12. The molecule has 0 radical (unpaired) electrons. The van der Waals surface area contributed by atoms with Gasteiger partial charge in [0.15, 0.2) is 10.9 Å². The zero-order chi connectivity index (χ0) is 12.7. The topological polar surface area (TPSA) is 36.4 Å². The number of carbonyl (C=O) groups is 1. The lowest BCUT2D eigenvalue weighted by atomic mass is 10.0. The summed E-state index contributed by atoms with van der Waals surface area (Å²) < 4.78 is 0. The Bertz CT molecular complexity index is 469. The molecular formula is C13H19N3OS. The van der Waals surface area contributed by atoms with Gasteiger partial charge in [-0.05, 0) is 33.4 Å². The van der Waals surface area contributed by atoms with Crippen molar-refractivity contribution in [2.75, 3.05) is 32.1 Å². The van der Waals surface area contributed by atoms with E-state index in [-0.39, 0.29) is 0 Å². The number of Topliss-reactive ketones (excluding diaryl/α,β-unsaturated/α-hetero) is 1. The van der Waals surface area contributed by atoms with Crippen LogP contribution in [0.15, 0.2) is 0 Å². The second-order valence-corrected chi connectivity index (χ2v) is 6.38. The summed E-state index contributed by atoms with van der Waals surface area (Å²) in [5.41, 5.74) is 1.04. The number of aryl methyl sites for hydroxylation is 1. The highest BCUT2D eigenvalue weighted by Crippen LogP contribution is 2.33. The highest BCUT2D eigenvalue weighted by molar-refractivity contribution is 7.17. The van der Waals surface area contributed by atoms with Crippen molar-refractivity contribution in [2.24, 2.45) is 0 Å². The van der Waals surface area contributed by atoms with Gasteiger partial charge in [0.05, 0.1) is 10.6 Å². The highest BCUT2D eigenvalue weighted by atomic mass is 32.1. The molecule has 0 N–H and O–H groups in total.